The molecule has 0 spiro atoms. The van der Waals surface area contributed by atoms with Crippen molar-refractivity contribution >= 4 is 23.5 Å². The third kappa shape index (κ3) is 3.54. The first kappa shape index (κ1) is 17.9. The molecule has 134 valence electrons. The minimum Gasteiger partial charge on any atom is -0.453 e. The van der Waals surface area contributed by atoms with Crippen LogP contribution in [0, 0.1) is 6.92 Å². The van der Waals surface area contributed by atoms with Crippen molar-refractivity contribution in [3.63, 3.8) is 0 Å². The zero-order chi connectivity index (χ0) is 17.9. The van der Waals surface area contributed by atoms with E-state index in [1.807, 2.05) is 31.4 Å². The molecule has 1 aromatic carbocycles. The summed E-state index contributed by atoms with van der Waals surface area (Å²) in [4.78, 5) is 12.6. The number of hydrogen-bond acceptors (Lipinski definition) is 5. The fourth-order valence-electron chi connectivity index (χ4n) is 3.40. The normalized spacial score (nSPS) is 22.8. The first-order chi connectivity index (χ1) is 12.1. The number of anilines is 1. The van der Waals surface area contributed by atoms with Crippen molar-refractivity contribution in [2.45, 2.75) is 56.2 Å². The van der Waals surface area contributed by atoms with Crippen LogP contribution in [0.25, 0.3) is 0 Å². The first-order valence-corrected chi connectivity index (χ1v) is 9.96. The second-order valence-electron chi connectivity index (χ2n) is 6.52. The number of thioether (sulfide) groups is 1. The van der Waals surface area contributed by atoms with E-state index in [2.05, 4.69) is 34.6 Å². The van der Waals surface area contributed by atoms with Gasteiger partial charge in [0.05, 0.1) is 0 Å². The van der Waals surface area contributed by atoms with Crippen LogP contribution in [0.1, 0.15) is 43.7 Å². The van der Waals surface area contributed by atoms with Gasteiger partial charge in [-0.25, -0.2) is 4.79 Å². The smallest absolute Gasteiger partial charge is 0.329 e. The first-order valence-electron chi connectivity index (χ1n) is 8.73. The van der Waals surface area contributed by atoms with Crippen LogP contribution in [0.5, 0.6) is 0 Å². The van der Waals surface area contributed by atoms with E-state index < -0.39 is 5.60 Å². The second-order valence-corrected chi connectivity index (χ2v) is 7.31. The zero-order valence-electron chi connectivity index (χ0n) is 15.0. The average Bonchev–Trinajstić information content (AvgIpc) is 3.15. The van der Waals surface area contributed by atoms with E-state index in [4.69, 9.17) is 4.74 Å². The number of carbonyl (C=O) groups is 1. The van der Waals surface area contributed by atoms with Gasteiger partial charge >= 0.3 is 5.97 Å². The van der Waals surface area contributed by atoms with Gasteiger partial charge in [0.15, 0.2) is 0 Å². The SMILES string of the molecule is CCCCC1(c2ccccc2)CC(Nc2[nH]nc(SC)c2C)C(=O)O1. The van der Waals surface area contributed by atoms with Gasteiger partial charge < -0.3 is 10.1 Å². The van der Waals surface area contributed by atoms with Gasteiger partial charge in [0.1, 0.15) is 22.5 Å². The van der Waals surface area contributed by atoms with E-state index in [0.717, 1.165) is 41.2 Å². The van der Waals surface area contributed by atoms with E-state index in [1.165, 1.54) is 0 Å². The molecule has 0 radical (unpaired) electrons. The van der Waals surface area contributed by atoms with Gasteiger partial charge in [-0.05, 0) is 31.6 Å². The van der Waals surface area contributed by atoms with Crippen LogP contribution in [0.4, 0.5) is 5.82 Å². The lowest BCUT2D eigenvalue weighted by molar-refractivity contribution is -0.150. The molecule has 0 aliphatic carbocycles. The van der Waals surface area contributed by atoms with Crippen LogP contribution in [-0.2, 0) is 15.1 Å². The molecular weight excluding hydrogens is 334 g/mol. The van der Waals surface area contributed by atoms with Crippen LogP contribution in [0.15, 0.2) is 35.4 Å². The molecule has 0 saturated carbocycles. The Morgan fingerprint density at radius 2 is 2.16 bits per heavy atom. The lowest BCUT2D eigenvalue weighted by Crippen LogP contribution is -2.27. The number of cyclic esters (lactones) is 1. The van der Waals surface area contributed by atoms with Crippen LogP contribution in [-0.4, -0.2) is 28.5 Å². The van der Waals surface area contributed by atoms with E-state index in [-0.39, 0.29) is 12.0 Å². The van der Waals surface area contributed by atoms with Gasteiger partial charge in [0.25, 0.3) is 0 Å². The summed E-state index contributed by atoms with van der Waals surface area (Å²) in [6.45, 7) is 4.16. The molecule has 2 unspecified atom stereocenters. The Morgan fingerprint density at radius 3 is 2.80 bits per heavy atom. The maximum atomic E-state index is 12.6. The van der Waals surface area contributed by atoms with Crippen molar-refractivity contribution in [3.05, 3.63) is 41.5 Å². The highest BCUT2D eigenvalue weighted by Gasteiger charge is 2.47. The molecule has 6 heteroatoms. The summed E-state index contributed by atoms with van der Waals surface area (Å²) in [6.07, 6.45) is 5.55. The Hall–Kier alpha value is -1.95. The largest absolute Gasteiger partial charge is 0.453 e. The van der Waals surface area contributed by atoms with Crippen molar-refractivity contribution < 1.29 is 9.53 Å². The number of aromatic amines is 1. The molecule has 0 bridgehead atoms. The summed E-state index contributed by atoms with van der Waals surface area (Å²) in [5.41, 5.74) is 1.57. The standard InChI is InChI=1S/C19H25N3O2S/c1-4-5-11-19(14-9-7-6-8-10-14)12-15(18(23)24-19)20-16-13(2)17(25-3)22-21-16/h6-10,15H,4-5,11-12H2,1-3H3,(H2,20,21,22). The highest BCUT2D eigenvalue weighted by Crippen LogP contribution is 2.42. The van der Waals surface area contributed by atoms with Crippen molar-refractivity contribution in [2.24, 2.45) is 0 Å². The number of rotatable bonds is 7. The van der Waals surface area contributed by atoms with Crippen molar-refractivity contribution in [2.75, 3.05) is 11.6 Å². The minimum absolute atomic E-state index is 0.195. The number of ether oxygens (including phenoxy) is 1. The molecule has 0 amide bonds. The van der Waals surface area contributed by atoms with E-state index in [0.29, 0.717) is 6.42 Å². The molecule has 2 atom stereocenters. The van der Waals surface area contributed by atoms with E-state index in [9.17, 15) is 4.79 Å². The predicted octanol–water partition coefficient (Wildman–Crippen LogP) is 4.25. The quantitative estimate of drug-likeness (QED) is 0.571. The summed E-state index contributed by atoms with van der Waals surface area (Å²) in [5.74, 6) is 0.602. The molecule has 2 aromatic rings. The third-order valence-corrected chi connectivity index (χ3v) is 5.61. The van der Waals surface area contributed by atoms with Crippen molar-refractivity contribution in [1.29, 1.82) is 0 Å². The number of carbonyl (C=O) groups excluding carboxylic acids is 1. The minimum atomic E-state index is -0.539. The molecular formula is C19H25N3O2S. The maximum absolute atomic E-state index is 12.6. The summed E-state index contributed by atoms with van der Waals surface area (Å²) in [6, 6.07) is 9.73. The molecule has 1 aliphatic rings. The lowest BCUT2D eigenvalue weighted by Gasteiger charge is -2.28. The molecule has 2 N–H and O–H groups in total. The van der Waals surface area contributed by atoms with Crippen LogP contribution in [0.2, 0.25) is 0 Å². The van der Waals surface area contributed by atoms with E-state index >= 15 is 0 Å². The van der Waals surface area contributed by atoms with Gasteiger partial charge in [0, 0.05) is 12.0 Å². The number of esters is 1. The molecule has 1 saturated heterocycles. The van der Waals surface area contributed by atoms with Gasteiger partial charge in [-0.2, -0.15) is 5.10 Å². The Kier molecular flexibility index (Phi) is 5.37. The number of aromatic nitrogens is 2. The number of H-pyrrole nitrogens is 1. The molecule has 2 heterocycles. The van der Waals surface area contributed by atoms with Crippen LogP contribution in [0.3, 0.4) is 0 Å². The molecule has 1 aromatic heterocycles. The number of benzene rings is 1. The number of hydrogen-bond donors (Lipinski definition) is 2. The predicted molar refractivity (Wildman–Crippen MR) is 101 cm³/mol. The molecule has 1 fully saturated rings. The van der Waals surface area contributed by atoms with Crippen molar-refractivity contribution in [3.8, 4) is 0 Å². The van der Waals surface area contributed by atoms with Gasteiger partial charge in [-0.3, -0.25) is 5.10 Å². The average molecular weight is 359 g/mol. The number of nitrogens with one attached hydrogen (secondary N) is 2. The molecule has 25 heavy (non-hydrogen) atoms. The Labute approximate surface area is 152 Å². The lowest BCUT2D eigenvalue weighted by atomic mass is 9.85. The Bertz CT molecular complexity index is 732. The molecule has 3 rings (SSSR count). The van der Waals surface area contributed by atoms with E-state index in [1.54, 1.807) is 11.8 Å². The van der Waals surface area contributed by atoms with Crippen LogP contribution < -0.4 is 5.32 Å². The molecule has 5 nitrogen and oxygen atoms in total. The Balaban J connectivity index is 1.83. The maximum Gasteiger partial charge on any atom is 0.329 e. The fraction of sp³-hybridized carbons (Fsp3) is 0.474. The zero-order valence-corrected chi connectivity index (χ0v) is 15.8. The van der Waals surface area contributed by atoms with Crippen molar-refractivity contribution in [1.82, 2.24) is 10.2 Å². The van der Waals surface area contributed by atoms with Gasteiger partial charge in [-0.15, -0.1) is 11.8 Å². The highest BCUT2D eigenvalue weighted by molar-refractivity contribution is 7.98. The summed E-state index contributed by atoms with van der Waals surface area (Å²) in [7, 11) is 0. The second kappa shape index (κ2) is 7.52. The topological polar surface area (TPSA) is 67.0 Å². The Morgan fingerprint density at radius 1 is 1.40 bits per heavy atom. The summed E-state index contributed by atoms with van der Waals surface area (Å²) >= 11 is 1.58. The van der Waals surface area contributed by atoms with Gasteiger partial charge in [-0.1, -0.05) is 43.7 Å². The summed E-state index contributed by atoms with van der Waals surface area (Å²) < 4.78 is 5.95. The molecule has 1 aliphatic heterocycles. The monoisotopic (exact) mass is 359 g/mol. The third-order valence-electron chi connectivity index (χ3n) is 4.83. The highest BCUT2D eigenvalue weighted by atomic mass is 32.2. The summed E-state index contributed by atoms with van der Waals surface area (Å²) in [5, 5.41) is 11.5. The van der Waals surface area contributed by atoms with Crippen LogP contribution >= 0.6 is 11.8 Å². The number of unbranched alkanes of at least 4 members (excludes halogenated alkanes) is 1. The van der Waals surface area contributed by atoms with Gasteiger partial charge in [0.2, 0.25) is 0 Å². The fourth-order valence-corrected chi connectivity index (χ4v) is 3.95. The number of nitrogens with zero attached hydrogens (tertiary/aromatic N) is 1.